The van der Waals surface area contributed by atoms with Crippen molar-refractivity contribution in [1.29, 1.82) is 0 Å². The lowest BCUT2D eigenvalue weighted by atomic mass is 10.00. The minimum absolute atomic E-state index is 0.350. The fourth-order valence-electron chi connectivity index (χ4n) is 8.13. The molecule has 1 amide bonds. The normalized spacial score (nSPS) is 14.3. The summed E-state index contributed by atoms with van der Waals surface area (Å²) in [5.41, 5.74) is 0. The van der Waals surface area contributed by atoms with E-state index in [9.17, 15) is 25.2 Å². The molecule has 0 fully saturated rings. The minimum Gasteiger partial charge on any atom is -0.394 e. The van der Waals surface area contributed by atoms with E-state index in [-0.39, 0.29) is 0 Å². The number of rotatable bonds is 49. The van der Waals surface area contributed by atoms with Gasteiger partial charge in [-0.05, 0) is 89.9 Å². The lowest BCUT2D eigenvalue weighted by molar-refractivity contribution is -0.132. The van der Waals surface area contributed by atoms with Crippen molar-refractivity contribution in [3.8, 4) is 0 Å². The van der Waals surface area contributed by atoms with Gasteiger partial charge in [0.05, 0.1) is 18.8 Å². The summed E-state index contributed by atoms with van der Waals surface area (Å²) >= 11 is 0. The van der Waals surface area contributed by atoms with Gasteiger partial charge in [-0.1, -0.05) is 235 Å². The molecule has 63 heavy (non-hydrogen) atoms. The van der Waals surface area contributed by atoms with Gasteiger partial charge in [0.15, 0.2) is 0 Å². The Balaban J connectivity index is 3.73. The van der Waals surface area contributed by atoms with E-state index in [0.717, 1.165) is 57.8 Å². The summed E-state index contributed by atoms with van der Waals surface area (Å²) in [6.07, 6.45) is 65.7. The topological polar surface area (TPSA) is 110 Å². The van der Waals surface area contributed by atoms with Crippen molar-refractivity contribution in [2.75, 3.05) is 6.61 Å². The van der Waals surface area contributed by atoms with Crippen LogP contribution >= 0.6 is 0 Å². The summed E-state index contributed by atoms with van der Waals surface area (Å²) in [7, 11) is 0. The SMILES string of the molecule is CCCCC/C=C\C=C/CCCCCCCCCCCC(O)C(=O)NC(CO)C(O)C(O)CCC/C=C/CC/C=C/CC/C=C/CCCCCCCCCCCCCCCCCC. The van der Waals surface area contributed by atoms with Crippen LogP contribution in [0.2, 0.25) is 0 Å². The molecule has 6 heteroatoms. The standard InChI is InChI=1S/C57H105NO5/c1-3-5-7-9-11-13-15-17-19-21-23-24-25-26-27-28-29-30-31-32-33-35-36-38-40-42-44-46-48-50-54(60)56(62)53(52-59)58-57(63)55(61)51-49-47-45-43-41-39-37-34-22-20-18-16-14-12-10-8-6-4-2/h12,14,16,18,30-31,35-36,42,44,53-56,59-62H,3-11,13,15,17,19-29,32-34,37-41,43,45-52H2,1-2H3,(H,58,63)/b14-12-,18-16-,31-30+,36-35+,44-42+. The maximum absolute atomic E-state index is 12.6. The molecule has 5 N–H and O–H groups in total. The molecule has 4 atom stereocenters. The molecule has 0 aliphatic heterocycles. The summed E-state index contributed by atoms with van der Waals surface area (Å²) in [5.74, 6) is -0.604. The van der Waals surface area contributed by atoms with E-state index in [2.05, 4.69) is 79.9 Å². The zero-order valence-corrected chi connectivity index (χ0v) is 41.6. The Morgan fingerprint density at radius 1 is 0.397 bits per heavy atom. The maximum atomic E-state index is 12.6. The zero-order chi connectivity index (χ0) is 45.9. The smallest absolute Gasteiger partial charge is 0.249 e. The summed E-state index contributed by atoms with van der Waals surface area (Å²) in [4.78, 5) is 12.6. The molecule has 0 saturated carbocycles. The highest BCUT2D eigenvalue weighted by molar-refractivity contribution is 5.80. The second kappa shape index (κ2) is 51.0. The first-order chi connectivity index (χ1) is 31.0. The van der Waals surface area contributed by atoms with Crippen LogP contribution in [0, 0.1) is 0 Å². The number of nitrogens with one attached hydrogen (secondary N) is 1. The molecule has 0 bridgehead atoms. The first-order valence-electron chi connectivity index (χ1n) is 27.2. The van der Waals surface area contributed by atoms with Crippen molar-refractivity contribution in [3.63, 3.8) is 0 Å². The van der Waals surface area contributed by atoms with Gasteiger partial charge < -0.3 is 25.7 Å². The van der Waals surface area contributed by atoms with E-state index in [1.807, 2.05) is 0 Å². The number of aliphatic hydroxyl groups is 4. The molecule has 0 spiro atoms. The fraction of sp³-hybridized carbons (Fsp3) is 0.807. The van der Waals surface area contributed by atoms with E-state index in [0.29, 0.717) is 19.3 Å². The van der Waals surface area contributed by atoms with Gasteiger partial charge in [-0.15, -0.1) is 0 Å². The van der Waals surface area contributed by atoms with E-state index in [1.165, 1.54) is 173 Å². The summed E-state index contributed by atoms with van der Waals surface area (Å²) in [6, 6.07) is -1.02. The van der Waals surface area contributed by atoms with Crippen molar-refractivity contribution >= 4 is 5.91 Å². The first-order valence-corrected chi connectivity index (χ1v) is 27.2. The second-order valence-corrected chi connectivity index (χ2v) is 18.6. The number of allylic oxidation sites excluding steroid dienone is 10. The Bertz CT molecular complexity index is 1080. The lowest BCUT2D eigenvalue weighted by Crippen LogP contribution is -2.53. The molecule has 0 aromatic carbocycles. The van der Waals surface area contributed by atoms with Gasteiger partial charge in [-0.25, -0.2) is 0 Å². The molecule has 0 rings (SSSR count). The van der Waals surface area contributed by atoms with Crippen molar-refractivity contribution in [2.24, 2.45) is 0 Å². The molecular formula is C57H105NO5. The van der Waals surface area contributed by atoms with Crippen molar-refractivity contribution in [2.45, 2.75) is 289 Å². The van der Waals surface area contributed by atoms with E-state index in [4.69, 9.17) is 0 Å². The van der Waals surface area contributed by atoms with E-state index < -0.39 is 36.9 Å². The highest BCUT2D eigenvalue weighted by Crippen LogP contribution is 2.16. The van der Waals surface area contributed by atoms with Crippen LogP contribution in [-0.2, 0) is 4.79 Å². The number of aliphatic hydroxyl groups excluding tert-OH is 4. The average molecular weight is 884 g/mol. The fourth-order valence-corrected chi connectivity index (χ4v) is 8.13. The number of unbranched alkanes of at least 4 members (excludes halogenated alkanes) is 31. The first kappa shape index (κ1) is 61.0. The van der Waals surface area contributed by atoms with Crippen LogP contribution in [0.1, 0.15) is 264 Å². The second-order valence-electron chi connectivity index (χ2n) is 18.6. The summed E-state index contributed by atoms with van der Waals surface area (Å²) in [5, 5.41) is 43.9. The van der Waals surface area contributed by atoms with Gasteiger partial charge in [0.25, 0.3) is 0 Å². The van der Waals surface area contributed by atoms with Crippen LogP contribution in [0.25, 0.3) is 0 Å². The van der Waals surface area contributed by atoms with Crippen LogP contribution in [0.5, 0.6) is 0 Å². The molecule has 0 aromatic rings. The third-order valence-corrected chi connectivity index (χ3v) is 12.4. The summed E-state index contributed by atoms with van der Waals surface area (Å²) < 4.78 is 0. The zero-order valence-electron chi connectivity index (χ0n) is 41.6. The van der Waals surface area contributed by atoms with Gasteiger partial charge in [0, 0.05) is 0 Å². The van der Waals surface area contributed by atoms with Gasteiger partial charge in [0.2, 0.25) is 5.91 Å². The van der Waals surface area contributed by atoms with Crippen molar-refractivity contribution < 1.29 is 25.2 Å². The van der Waals surface area contributed by atoms with Gasteiger partial charge in [-0.3, -0.25) is 4.79 Å². The number of carbonyl (C=O) groups excluding carboxylic acids is 1. The molecule has 4 unspecified atom stereocenters. The van der Waals surface area contributed by atoms with Gasteiger partial charge in [-0.2, -0.15) is 0 Å². The van der Waals surface area contributed by atoms with Crippen LogP contribution in [0.4, 0.5) is 0 Å². The predicted octanol–water partition coefficient (Wildman–Crippen LogP) is 15.6. The third-order valence-electron chi connectivity index (χ3n) is 12.4. The monoisotopic (exact) mass is 884 g/mol. The van der Waals surface area contributed by atoms with Crippen LogP contribution in [0.3, 0.4) is 0 Å². The number of amides is 1. The van der Waals surface area contributed by atoms with Gasteiger partial charge in [0.1, 0.15) is 12.2 Å². The van der Waals surface area contributed by atoms with E-state index in [1.54, 1.807) is 0 Å². The Labute approximate surface area is 391 Å². The molecule has 0 aliphatic rings. The third kappa shape index (κ3) is 45.0. The molecule has 0 aliphatic carbocycles. The molecule has 0 heterocycles. The molecular weight excluding hydrogens is 779 g/mol. The van der Waals surface area contributed by atoms with Crippen molar-refractivity contribution in [1.82, 2.24) is 5.32 Å². The van der Waals surface area contributed by atoms with Crippen molar-refractivity contribution in [3.05, 3.63) is 60.8 Å². The lowest BCUT2D eigenvalue weighted by Gasteiger charge is -2.27. The molecule has 0 radical (unpaired) electrons. The average Bonchev–Trinajstić information content (AvgIpc) is 3.29. The van der Waals surface area contributed by atoms with Crippen LogP contribution in [-0.4, -0.2) is 57.3 Å². The molecule has 6 nitrogen and oxygen atoms in total. The molecule has 0 saturated heterocycles. The quantitative estimate of drug-likeness (QED) is 0.0237. The van der Waals surface area contributed by atoms with E-state index >= 15 is 0 Å². The van der Waals surface area contributed by atoms with Gasteiger partial charge >= 0.3 is 0 Å². The molecule has 0 aromatic heterocycles. The maximum Gasteiger partial charge on any atom is 0.249 e. The highest BCUT2D eigenvalue weighted by atomic mass is 16.3. The molecule has 368 valence electrons. The Morgan fingerprint density at radius 2 is 0.714 bits per heavy atom. The Hall–Kier alpha value is -1.99. The minimum atomic E-state index is -1.30. The largest absolute Gasteiger partial charge is 0.394 e. The predicted molar refractivity (Wildman–Crippen MR) is 274 cm³/mol. The number of hydrogen-bond donors (Lipinski definition) is 5. The Morgan fingerprint density at radius 3 is 1.13 bits per heavy atom. The summed E-state index contributed by atoms with van der Waals surface area (Å²) in [6.45, 7) is 4.02. The number of carbonyl (C=O) groups is 1. The Kier molecular flexibility index (Phi) is 49.4. The highest BCUT2D eigenvalue weighted by Gasteiger charge is 2.28. The van der Waals surface area contributed by atoms with Crippen LogP contribution in [0.15, 0.2) is 60.8 Å². The number of hydrogen-bond acceptors (Lipinski definition) is 5. The van der Waals surface area contributed by atoms with Crippen LogP contribution < -0.4 is 5.32 Å².